The maximum atomic E-state index is 13.3. The van der Waals surface area contributed by atoms with Crippen molar-refractivity contribution in [1.29, 1.82) is 0 Å². The smallest absolute Gasteiger partial charge is 0.261 e. The number of nitrogens with one attached hydrogen (secondary N) is 1. The van der Waals surface area contributed by atoms with Gasteiger partial charge in [-0.05, 0) is 57.0 Å². The minimum Gasteiger partial charge on any atom is -0.484 e. The van der Waals surface area contributed by atoms with Crippen molar-refractivity contribution < 1.29 is 18.7 Å². The van der Waals surface area contributed by atoms with Crippen molar-refractivity contribution in [2.45, 2.75) is 52.7 Å². The van der Waals surface area contributed by atoms with Crippen molar-refractivity contribution in [3.8, 4) is 5.75 Å². The lowest BCUT2D eigenvalue weighted by atomic mass is 10.1. The normalized spacial score (nSPS) is 11.8. The van der Waals surface area contributed by atoms with Crippen molar-refractivity contribution in [1.82, 2.24) is 10.2 Å². The minimum absolute atomic E-state index is 0.0388. The SMILES string of the molecule is CCC(C(=O)NC(C)C)N(Cc1ccc(F)cc1)C(=O)COc1ccc(C)cc1. The summed E-state index contributed by atoms with van der Waals surface area (Å²) < 4.78 is 18.9. The molecule has 1 atom stereocenters. The van der Waals surface area contributed by atoms with E-state index >= 15 is 0 Å². The molecule has 0 aliphatic rings. The van der Waals surface area contributed by atoms with Crippen molar-refractivity contribution in [3.63, 3.8) is 0 Å². The molecule has 1 N–H and O–H groups in total. The maximum Gasteiger partial charge on any atom is 0.261 e. The zero-order valence-corrected chi connectivity index (χ0v) is 17.4. The summed E-state index contributed by atoms with van der Waals surface area (Å²) in [6.07, 6.45) is 0.454. The second-order valence-corrected chi connectivity index (χ2v) is 7.34. The highest BCUT2D eigenvalue weighted by Gasteiger charge is 2.29. The number of ether oxygens (including phenoxy) is 1. The summed E-state index contributed by atoms with van der Waals surface area (Å²) in [4.78, 5) is 27.2. The minimum atomic E-state index is -0.642. The standard InChI is InChI=1S/C23H29FN2O3/c1-5-21(23(28)25-16(2)3)26(14-18-8-10-19(24)11-9-18)22(27)15-29-20-12-6-17(4)7-13-20/h6-13,16,21H,5,14-15H2,1-4H3,(H,25,28). The lowest BCUT2D eigenvalue weighted by Gasteiger charge is -2.31. The second kappa shape index (κ2) is 10.6. The third-order valence-electron chi connectivity index (χ3n) is 4.47. The first-order chi connectivity index (χ1) is 13.8. The Morgan fingerprint density at radius 1 is 1.07 bits per heavy atom. The molecular weight excluding hydrogens is 371 g/mol. The number of aryl methyl sites for hydroxylation is 1. The summed E-state index contributed by atoms with van der Waals surface area (Å²) in [6, 6.07) is 12.6. The molecule has 6 heteroatoms. The third kappa shape index (κ3) is 6.89. The van der Waals surface area contributed by atoms with E-state index in [0.29, 0.717) is 12.2 Å². The van der Waals surface area contributed by atoms with E-state index in [2.05, 4.69) is 5.32 Å². The predicted octanol–water partition coefficient (Wildman–Crippen LogP) is 3.84. The summed E-state index contributed by atoms with van der Waals surface area (Å²) in [5.41, 5.74) is 1.84. The molecule has 156 valence electrons. The molecule has 0 spiro atoms. The number of halogens is 1. The molecule has 1 unspecified atom stereocenters. The molecule has 2 aromatic carbocycles. The highest BCUT2D eigenvalue weighted by Crippen LogP contribution is 2.15. The first-order valence-corrected chi connectivity index (χ1v) is 9.84. The first kappa shape index (κ1) is 22.4. The Morgan fingerprint density at radius 3 is 2.24 bits per heavy atom. The summed E-state index contributed by atoms with van der Waals surface area (Å²) in [5.74, 6) is -0.279. The Hall–Kier alpha value is -2.89. The van der Waals surface area contributed by atoms with Crippen LogP contribution < -0.4 is 10.1 Å². The molecule has 0 fully saturated rings. The quantitative estimate of drug-likeness (QED) is 0.696. The van der Waals surface area contributed by atoms with E-state index in [9.17, 15) is 14.0 Å². The number of nitrogens with zero attached hydrogens (tertiary/aromatic N) is 1. The summed E-state index contributed by atoms with van der Waals surface area (Å²) >= 11 is 0. The lowest BCUT2D eigenvalue weighted by molar-refractivity contribution is -0.143. The van der Waals surface area contributed by atoms with Crippen LogP contribution in [0.5, 0.6) is 5.75 Å². The predicted molar refractivity (Wildman–Crippen MR) is 111 cm³/mol. The molecule has 29 heavy (non-hydrogen) atoms. The molecule has 0 heterocycles. The van der Waals surface area contributed by atoms with E-state index in [0.717, 1.165) is 11.1 Å². The molecule has 0 aromatic heterocycles. The monoisotopic (exact) mass is 400 g/mol. The van der Waals surface area contributed by atoms with Crippen LogP contribution in [0.3, 0.4) is 0 Å². The maximum absolute atomic E-state index is 13.3. The van der Waals surface area contributed by atoms with E-state index in [-0.39, 0.29) is 36.8 Å². The van der Waals surface area contributed by atoms with Gasteiger partial charge in [0, 0.05) is 12.6 Å². The molecule has 0 aliphatic carbocycles. The molecular formula is C23H29FN2O3. The van der Waals surface area contributed by atoms with Gasteiger partial charge in [0.05, 0.1) is 0 Å². The summed E-state index contributed by atoms with van der Waals surface area (Å²) in [7, 11) is 0. The summed E-state index contributed by atoms with van der Waals surface area (Å²) in [5, 5.41) is 2.87. The van der Waals surface area contributed by atoms with Crippen molar-refractivity contribution in [2.75, 3.05) is 6.61 Å². The Balaban J connectivity index is 2.18. The van der Waals surface area contributed by atoms with Gasteiger partial charge in [0.1, 0.15) is 17.6 Å². The van der Waals surface area contributed by atoms with Gasteiger partial charge < -0.3 is 15.0 Å². The largest absolute Gasteiger partial charge is 0.484 e. The van der Waals surface area contributed by atoms with E-state index in [4.69, 9.17) is 4.74 Å². The van der Waals surface area contributed by atoms with Crippen molar-refractivity contribution >= 4 is 11.8 Å². The lowest BCUT2D eigenvalue weighted by Crippen LogP contribution is -2.51. The fourth-order valence-electron chi connectivity index (χ4n) is 2.95. The number of carbonyl (C=O) groups excluding carboxylic acids is 2. The van der Waals surface area contributed by atoms with E-state index in [1.54, 1.807) is 24.3 Å². The van der Waals surface area contributed by atoms with Crippen LogP contribution in [0.1, 0.15) is 38.3 Å². The summed E-state index contributed by atoms with van der Waals surface area (Å²) in [6.45, 7) is 7.58. The van der Waals surface area contributed by atoms with Gasteiger partial charge in [-0.15, -0.1) is 0 Å². The first-order valence-electron chi connectivity index (χ1n) is 9.84. The fourth-order valence-corrected chi connectivity index (χ4v) is 2.95. The molecule has 0 saturated heterocycles. The van der Waals surface area contributed by atoms with Gasteiger partial charge >= 0.3 is 0 Å². The van der Waals surface area contributed by atoms with Gasteiger partial charge in [-0.3, -0.25) is 9.59 Å². The molecule has 0 radical (unpaired) electrons. The van der Waals surface area contributed by atoms with Crippen LogP contribution in [-0.4, -0.2) is 35.4 Å². The fraction of sp³-hybridized carbons (Fsp3) is 0.391. The van der Waals surface area contributed by atoms with Gasteiger partial charge in [-0.1, -0.05) is 36.8 Å². The van der Waals surface area contributed by atoms with Crippen LogP contribution in [-0.2, 0) is 16.1 Å². The number of hydrogen-bond donors (Lipinski definition) is 1. The van der Waals surface area contributed by atoms with Gasteiger partial charge in [-0.25, -0.2) is 4.39 Å². The van der Waals surface area contributed by atoms with Gasteiger partial charge in [0.25, 0.3) is 5.91 Å². The van der Waals surface area contributed by atoms with Crippen LogP contribution in [0.25, 0.3) is 0 Å². The van der Waals surface area contributed by atoms with Gasteiger partial charge in [0.2, 0.25) is 5.91 Å². The number of rotatable bonds is 9. The van der Waals surface area contributed by atoms with Gasteiger partial charge in [0.15, 0.2) is 6.61 Å². The molecule has 2 amide bonds. The van der Waals surface area contributed by atoms with Crippen molar-refractivity contribution in [3.05, 3.63) is 65.5 Å². The zero-order chi connectivity index (χ0) is 21.4. The molecule has 0 bridgehead atoms. The number of amides is 2. The van der Waals surface area contributed by atoms with Gasteiger partial charge in [-0.2, -0.15) is 0 Å². The number of carbonyl (C=O) groups is 2. The topological polar surface area (TPSA) is 58.6 Å². The third-order valence-corrected chi connectivity index (χ3v) is 4.47. The highest BCUT2D eigenvalue weighted by molar-refractivity contribution is 5.88. The van der Waals surface area contributed by atoms with E-state index in [1.165, 1.54) is 17.0 Å². The number of benzene rings is 2. The van der Waals surface area contributed by atoms with Crippen LogP contribution in [0.2, 0.25) is 0 Å². The molecule has 5 nitrogen and oxygen atoms in total. The highest BCUT2D eigenvalue weighted by atomic mass is 19.1. The molecule has 0 saturated carbocycles. The second-order valence-electron chi connectivity index (χ2n) is 7.34. The average molecular weight is 400 g/mol. The number of hydrogen-bond acceptors (Lipinski definition) is 3. The van der Waals surface area contributed by atoms with Crippen LogP contribution in [0, 0.1) is 12.7 Å². The van der Waals surface area contributed by atoms with Crippen molar-refractivity contribution in [2.24, 2.45) is 0 Å². The molecule has 0 aliphatic heterocycles. The molecule has 2 rings (SSSR count). The Bertz CT molecular complexity index is 804. The van der Waals surface area contributed by atoms with E-state index in [1.807, 2.05) is 39.8 Å². The van der Waals surface area contributed by atoms with Crippen LogP contribution in [0.4, 0.5) is 4.39 Å². The Labute approximate surface area is 171 Å². The van der Waals surface area contributed by atoms with Crippen LogP contribution in [0.15, 0.2) is 48.5 Å². The Kier molecular flexibility index (Phi) is 8.19. The average Bonchev–Trinajstić information content (AvgIpc) is 2.68. The van der Waals surface area contributed by atoms with E-state index < -0.39 is 6.04 Å². The molecule has 2 aromatic rings. The Morgan fingerprint density at radius 2 is 1.69 bits per heavy atom. The zero-order valence-electron chi connectivity index (χ0n) is 17.4. The van der Waals surface area contributed by atoms with Crippen LogP contribution >= 0.6 is 0 Å².